The summed E-state index contributed by atoms with van der Waals surface area (Å²) in [5.41, 5.74) is 4.13. The number of hydrogen-bond acceptors (Lipinski definition) is 2. The molecule has 0 bridgehead atoms. The van der Waals surface area contributed by atoms with Crippen LogP contribution in [-0.2, 0) is 12.8 Å². The Morgan fingerprint density at radius 1 is 0.958 bits per heavy atom. The topological polar surface area (TPSA) is 15.3 Å². The molecule has 0 saturated carbocycles. The highest BCUT2D eigenvalue weighted by atomic mass is 15.2. The Hall–Kier alpha value is -1.90. The predicted molar refractivity (Wildman–Crippen MR) is 102 cm³/mol. The smallest absolute Gasteiger partial charge is 0.0444 e. The van der Waals surface area contributed by atoms with Crippen molar-refractivity contribution in [2.45, 2.75) is 31.8 Å². The highest BCUT2D eigenvalue weighted by molar-refractivity contribution is 5.20. The van der Waals surface area contributed by atoms with E-state index >= 15 is 0 Å². The van der Waals surface area contributed by atoms with Gasteiger partial charge >= 0.3 is 0 Å². The number of rotatable bonds is 7. The van der Waals surface area contributed by atoms with E-state index in [-0.39, 0.29) is 0 Å². The van der Waals surface area contributed by atoms with Crippen LogP contribution in [0.3, 0.4) is 0 Å². The fourth-order valence-corrected chi connectivity index (χ4v) is 3.59. The molecule has 1 aliphatic heterocycles. The SMILES string of the molecule is C=C1CN(CCc2ccccc2)[C@H](C)[C@@H]1NCCc1ccccc1. The van der Waals surface area contributed by atoms with Gasteiger partial charge in [-0.3, -0.25) is 4.90 Å². The van der Waals surface area contributed by atoms with Crippen molar-refractivity contribution in [3.63, 3.8) is 0 Å². The summed E-state index contributed by atoms with van der Waals surface area (Å²) in [7, 11) is 0. The highest BCUT2D eigenvalue weighted by Gasteiger charge is 2.32. The first kappa shape index (κ1) is 16.9. The Balaban J connectivity index is 1.47. The van der Waals surface area contributed by atoms with Gasteiger partial charge in [-0.2, -0.15) is 0 Å². The molecule has 3 rings (SSSR count). The normalized spacial score (nSPS) is 21.3. The van der Waals surface area contributed by atoms with E-state index in [2.05, 4.69) is 84.4 Å². The fraction of sp³-hybridized carbons (Fsp3) is 0.364. The van der Waals surface area contributed by atoms with Gasteiger partial charge in [0.1, 0.15) is 0 Å². The van der Waals surface area contributed by atoms with Gasteiger partial charge in [-0.15, -0.1) is 0 Å². The Labute approximate surface area is 146 Å². The van der Waals surface area contributed by atoms with Crippen molar-refractivity contribution in [2.75, 3.05) is 19.6 Å². The maximum Gasteiger partial charge on any atom is 0.0444 e. The number of hydrogen-bond donors (Lipinski definition) is 1. The van der Waals surface area contributed by atoms with Gasteiger partial charge in [0.2, 0.25) is 0 Å². The first-order valence-corrected chi connectivity index (χ1v) is 8.97. The molecule has 1 N–H and O–H groups in total. The van der Waals surface area contributed by atoms with E-state index in [1.165, 1.54) is 16.7 Å². The first-order chi connectivity index (χ1) is 11.7. The summed E-state index contributed by atoms with van der Waals surface area (Å²) in [6, 6.07) is 22.3. The summed E-state index contributed by atoms with van der Waals surface area (Å²) in [5, 5.41) is 3.72. The summed E-state index contributed by atoms with van der Waals surface area (Å²) in [6.07, 6.45) is 2.18. The number of nitrogens with zero attached hydrogens (tertiary/aromatic N) is 1. The van der Waals surface area contributed by atoms with Crippen LogP contribution >= 0.6 is 0 Å². The Kier molecular flexibility index (Phi) is 5.84. The molecule has 2 aromatic rings. The maximum atomic E-state index is 4.31. The number of benzene rings is 2. The average Bonchev–Trinajstić information content (AvgIpc) is 2.89. The third-order valence-electron chi connectivity index (χ3n) is 5.06. The molecule has 1 saturated heterocycles. The van der Waals surface area contributed by atoms with E-state index < -0.39 is 0 Å². The highest BCUT2D eigenvalue weighted by Crippen LogP contribution is 2.22. The molecule has 0 amide bonds. The first-order valence-electron chi connectivity index (χ1n) is 8.97. The summed E-state index contributed by atoms with van der Waals surface area (Å²) in [6.45, 7) is 9.75. The summed E-state index contributed by atoms with van der Waals surface area (Å²) in [4.78, 5) is 2.55. The lowest BCUT2D eigenvalue weighted by Gasteiger charge is -2.25. The van der Waals surface area contributed by atoms with E-state index in [1.807, 2.05) is 0 Å². The maximum absolute atomic E-state index is 4.31. The molecular weight excluding hydrogens is 292 g/mol. The van der Waals surface area contributed by atoms with E-state index in [9.17, 15) is 0 Å². The van der Waals surface area contributed by atoms with E-state index in [0.717, 1.165) is 32.5 Å². The van der Waals surface area contributed by atoms with Gasteiger partial charge in [0.15, 0.2) is 0 Å². The second kappa shape index (κ2) is 8.27. The molecule has 0 unspecified atom stereocenters. The van der Waals surface area contributed by atoms with Crippen LogP contribution in [0.4, 0.5) is 0 Å². The van der Waals surface area contributed by atoms with Crippen molar-refractivity contribution in [1.29, 1.82) is 0 Å². The third kappa shape index (κ3) is 4.34. The van der Waals surface area contributed by atoms with Crippen LogP contribution in [-0.4, -0.2) is 36.6 Å². The van der Waals surface area contributed by atoms with Crippen molar-refractivity contribution in [3.05, 3.63) is 83.9 Å². The third-order valence-corrected chi connectivity index (χ3v) is 5.06. The minimum absolute atomic E-state index is 0.407. The molecule has 0 spiro atoms. The Morgan fingerprint density at radius 2 is 1.54 bits per heavy atom. The zero-order valence-corrected chi connectivity index (χ0v) is 14.6. The molecule has 24 heavy (non-hydrogen) atoms. The number of likely N-dealkylation sites (tertiary alicyclic amines) is 1. The molecule has 2 nitrogen and oxygen atoms in total. The summed E-state index contributed by atoms with van der Waals surface area (Å²) in [5.74, 6) is 0. The van der Waals surface area contributed by atoms with Crippen molar-refractivity contribution < 1.29 is 0 Å². The lowest BCUT2D eigenvalue weighted by molar-refractivity contribution is 0.253. The van der Waals surface area contributed by atoms with Crippen LogP contribution in [0.15, 0.2) is 72.8 Å². The van der Waals surface area contributed by atoms with Crippen LogP contribution in [0, 0.1) is 0 Å². The number of nitrogens with one attached hydrogen (secondary N) is 1. The van der Waals surface area contributed by atoms with E-state index in [0.29, 0.717) is 12.1 Å². The van der Waals surface area contributed by atoms with E-state index in [1.54, 1.807) is 0 Å². The standard InChI is InChI=1S/C22H28N2/c1-18-17-24(16-14-21-11-7-4-8-12-21)19(2)22(18)23-15-13-20-9-5-3-6-10-20/h3-12,19,22-23H,1,13-17H2,2H3/t19-,22-/m1/s1. The predicted octanol–water partition coefficient (Wildman–Crippen LogP) is 3.69. The van der Waals surface area contributed by atoms with Gasteiger partial charge in [0.05, 0.1) is 0 Å². The van der Waals surface area contributed by atoms with Crippen molar-refractivity contribution >= 4 is 0 Å². The quantitative estimate of drug-likeness (QED) is 0.783. The zero-order chi connectivity index (χ0) is 16.8. The molecule has 2 aromatic carbocycles. The minimum Gasteiger partial charge on any atom is -0.309 e. The molecule has 2 atom stereocenters. The van der Waals surface area contributed by atoms with Gasteiger partial charge in [0.25, 0.3) is 0 Å². The van der Waals surface area contributed by atoms with Gasteiger partial charge in [-0.1, -0.05) is 67.2 Å². The molecule has 0 radical (unpaired) electrons. The largest absolute Gasteiger partial charge is 0.309 e. The second-order valence-electron chi connectivity index (χ2n) is 6.77. The van der Waals surface area contributed by atoms with Crippen molar-refractivity contribution in [1.82, 2.24) is 10.2 Å². The summed E-state index contributed by atoms with van der Waals surface area (Å²) >= 11 is 0. The Morgan fingerprint density at radius 3 is 2.17 bits per heavy atom. The van der Waals surface area contributed by atoms with Crippen LogP contribution in [0.25, 0.3) is 0 Å². The van der Waals surface area contributed by atoms with Crippen LogP contribution in [0.1, 0.15) is 18.1 Å². The van der Waals surface area contributed by atoms with Gasteiger partial charge < -0.3 is 5.32 Å². The Bertz CT molecular complexity index is 636. The van der Waals surface area contributed by atoms with Crippen molar-refractivity contribution in [2.24, 2.45) is 0 Å². The zero-order valence-electron chi connectivity index (χ0n) is 14.6. The molecule has 0 aromatic heterocycles. The average molecular weight is 320 g/mol. The minimum atomic E-state index is 0.407. The van der Waals surface area contributed by atoms with Crippen LogP contribution in [0.5, 0.6) is 0 Å². The van der Waals surface area contributed by atoms with Crippen molar-refractivity contribution in [3.8, 4) is 0 Å². The molecule has 1 heterocycles. The van der Waals surface area contributed by atoms with Gasteiger partial charge in [-0.05, 0) is 43.0 Å². The van der Waals surface area contributed by atoms with Gasteiger partial charge in [-0.25, -0.2) is 0 Å². The molecule has 126 valence electrons. The fourth-order valence-electron chi connectivity index (χ4n) is 3.59. The molecule has 1 aliphatic rings. The molecule has 0 aliphatic carbocycles. The van der Waals surface area contributed by atoms with Crippen LogP contribution in [0.2, 0.25) is 0 Å². The van der Waals surface area contributed by atoms with Gasteiger partial charge in [0, 0.05) is 25.2 Å². The lowest BCUT2D eigenvalue weighted by atomic mass is 10.1. The lowest BCUT2D eigenvalue weighted by Crippen LogP contribution is -2.42. The molecule has 1 fully saturated rings. The second-order valence-corrected chi connectivity index (χ2v) is 6.77. The molecular formula is C22H28N2. The molecule has 2 heteroatoms. The summed E-state index contributed by atoms with van der Waals surface area (Å²) < 4.78 is 0. The monoisotopic (exact) mass is 320 g/mol. The van der Waals surface area contributed by atoms with Crippen LogP contribution < -0.4 is 5.32 Å². The van der Waals surface area contributed by atoms with E-state index in [4.69, 9.17) is 0 Å².